The van der Waals surface area contributed by atoms with Crippen molar-refractivity contribution in [3.8, 4) is 0 Å². The van der Waals surface area contributed by atoms with Crippen molar-refractivity contribution in [1.29, 1.82) is 0 Å². The Morgan fingerprint density at radius 2 is 2.16 bits per heavy atom. The molecule has 0 radical (unpaired) electrons. The summed E-state index contributed by atoms with van der Waals surface area (Å²) in [6, 6.07) is 11.7. The molecule has 2 aromatic heterocycles. The van der Waals surface area contributed by atoms with Crippen LogP contribution in [0.15, 0.2) is 53.3 Å². The highest BCUT2D eigenvalue weighted by Gasteiger charge is 2.03. The topological polar surface area (TPSA) is 29.3 Å². The van der Waals surface area contributed by atoms with E-state index in [9.17, 15) is 0 Å². The number of imidazole rings is 1. The predicted octanol–water partition coefficient (Wildman–Crippen LogP) is 4.36. The zero-order valence-electron chi connectivity index (χ0n) is 9.98. The monoisotopic (exact) mass is 335 g/mol. The third kappa shape index (κ3) is 2.74. The first-order valence-corrected chi connectivity index (χ1v) is 7.01. The minimum absolute atomic E-state index is 0.642. The van der Waals surface area contributed by atoms with Crippen LogP contribution in [0.5, 0.6) is 0 Å². The average molecular weight is 337 g/mol. The maximum atomic E-state index is 6.16. The summed E-state index contributed by atoms with van der Waals surface area (Å²) in [4.78, 5) is 4.52. The van der Waals surface area contributed by atoms with E-state index in [0.29, 0.717) is 11.6 Å². The molecule has 0 unspecified atom stereocenters. The highest BCUT2D eigenvalue weighted by atomic mass is 79.9. The van der Waals surface area contributed by atoms with Crippen molar-refractivity contribution < 1.29 is 0 Å². The van der Waals surface area contributed by atoms with Gasteiger partial charge in [0.05, 0.1) is 22.9 Å². The van der Waals surface area contributed by atoms with E-state index in [0.717, 1.165) is 21.5 Å². The van der Waals surface area contributed by atoms with E-state index in [-0.39, 0.29) is 0 Å². The van der Waals surface area contributed by atoms with Gasteiger partial charge in [-0.2, -0.15) is 0 Å². The van der Waals surface area contributed by atoms with Crippen LogP contribution in [-0.2, 0) is 6.54 Å². The summed E-state index contributed by atoms with van der Waals surface area (Å²) >= 11 is 9.54. The Morgan fingerprint density at radius 3 is 2.95 bits per heavy atom. The van der Waals surface area contributed by atoms with E-state index in [1.165, 1.54) is 0 Å². The Morgan fingerprint density at radius 1 is 1.26 bits per heavy atom. The van der Waals surface area contributed by atoms with Crippen LogP contribution < -0.4 is 5.32 Å². The number of halogens is 2. The molecular weight excluding hydrogens is 326 g/mol. The number of rotatable bonds is 3. The number of nitrogens with one attached hydrogen (secondary N) is 1. The Kier molecular flexibility index (Phi) is 3.44. The molecule has 0 fully saturated rings. The first kappa shape index (κ1) is 12.5. The van der Waals surface area contributed by atoms with Gasteiger partial charge >= 0.3 is 0 Å². The lowest BCUT2D eigenvalue weighted by Gasteiger charge is -2.06. The Hall–Kier alpha value is -1.52. The second-order valence-corrected chi connectivity index (χ2v) is 5.50. The van der Waals surface area contributed by atoms with E-state index >= 15 is 0 Å². The molecule has 3 aromatic rings. The molecule has 0 atom stereocenters. The van der Waals surface area contributed by atoms with Crippen molar-refractivity contribution in [1.82, 2.24) is 9.38 Å². The standard InChI is InChI=1S/C14H11BrClN3/c15-10-4-5-13(12(16)7-10)17-8-11-9-19-6-2-1-3-14(19)18-11/h1-7,9,17H,8H2. The molecule has 0 aliphatic rings. The number of hydrogen-bond acceptors (Lipinski definition) is 2. The fraction of sp³-hybridized carbons (Fsp3) is 0.0714. The van der Waals surface area contributed by atoms with Crippen molar-refractivity contribution in [2.24, 2.45) is 0 Å². The highest BCUT2D eigenvalue weighted by molar-refractivity contribution is 9.10. The minimum atomic E-state index is 0.642. The molecule has 2 heterocycles. The SMILES string of the molecule is Clc1cc(Br)ccc1NCc1cn2ccccc2n1. The van der Waals surface area contributed by atoms with Crippen molar-refractivity contribution in [3.63, 3.8) is 0 Å². The Labute approximate surface area is 124 Å². The number of benzene rings is 1. The second-order valence-electron chi connectivity index (χ2n) is 4.18. The van der Waals surface area contributed by atoms with Crippen molar-refractivity contribution in [2.45, 2.75) is 6.54 Å². The summed E-state index contributed by atoms with van der Waals surface area (Å²) in [5.41, 5.74) is 2.83. The minimum Gasteiger partial charge on any atom is -0.378 e. The third-order valence-electron chi connectivity index (χ3n) is 2.80. The van der Waals surface area contributed by atoms with Crippen LogP contribution in [0.4, 0.5) is 5.69 Å². The number of anilines is 1. The van der Waals surface area contributed by atoms with Crippen LogP contribution in [0.25, 0.3) is 5.65 Å². The van der Waals surface area contributed by atoms with Crippen LogP contribution in [0.1, 0.15) is 5.69 Å². The lowest BCUT2D eigenvalue weighted by molar-refractivity contribution is 1.08. The normalized spacial score (nSPS) is 10.8. The Balaban J connectivity index is 1.78. The van der Waals surface area contributed by atoms with Crippen LogP contribution in [0.2, 0.25) is 5.02 Å². The second kappa shape index (κ2) is 5.23. The fourth-order valence-electron chi connectivity index (χ4n) is 1.89. The van der Waals surface area contributed by atoms with E-state index in [2.05, 4.69) is 26.2 Å². The highest BCUT2D eigenvalue weighted by Crippen LogP contribution is 2.25. The van der Waals surface area contributed by atoms with Gasteiger partial charge < -0.3 is 9.72 Å². The van der Waals surface area contributed by atoms with Gasteiger partial charge in [0.15, 0.2) is 0 Å². The largest absolute Gasteiger partial charge is 0.378 e. The van der Waals surface area contributed by atoms with Crippen molar-refractivity contribution >= 4 is 38.9 Å². The first-order valence-electron chi connectivity index (χ1n) is 5.84. The quantitative estimate of drug-likeness (QED) is 0.770. The summed E-state index contributed by atoms with van der Waals surface area (Å²) in [5.74, 6) is 0. The van der Waals surface area contributed by atoms with Crippen molar-refractivity contribution in [3.05, 3.63) is 64.0 Å². The molecule has 5 heteroatoms. The van der Waals surface area contributed by atoms with Crippen LogP contribution in [0.3, 0.4) is 0 Å². The molecule has 0 amide bonds. The van der Waals surface area contributed by atoms with Gasteiger partial charge in [0.2, 0.25) is 0 Å². The van der Waals surface area contributed by atoms with Crippen LogP contribution >= 0.6 is 27.5 Å². The Bertz CT molecular complexity index is 691. The van der Waals surface area contributed by atoms with E-state index in [4.69, 9.17) is 11.6 Å². The van der Waals surface area contributed by atoms with Crippen LogP contribution in [-0.4, -0.2) is 9.38 Å². The van der Waals surface area contributed by atoms with Crippen molar-refractivity contribution in [2.75, 3.05) is 5.32 Å². The van der Waals surface area contributed by atoms with Gasteiger partial charge in [0.25, 0.3) is 0 Å². The summed E-state index contributed by atoms with van der Waals surface area (Å²) in [5, 5.41) is 3.98. The number of hydrogen-bond donors (Lipinski definition) is 1. The third-order valence-corrected chi connectivity index (χ3v) is 3.61. The average Bonchev–Trinajstić information content (AvgIpc) is 2.80. The molecule has 96 valence electrons. The summed E-state index contributed by atoms with van der Waals surface area (Å²) < 4.78 is 2.97. The molecule has 0 saturated heterocycles. The van der Waals surface area contributed by atoms with Gasteiger partial charge in [-0.15, -0.1) is 0 Å². The zero-order valence-corrected chi connectivity index (χ0v) is 12.3. The number of fused-ring (bicyclic) bond motifs is 1. The molecule has 3 rings (SSSR count). The molecule has 0 aliphatic heterocycles. The zero-order chi connectivity index (χ0) is 13.2. The molecule has 1 aromatic carbocycles. The summed E-state index contributed by atoms with van der Waals surface area (Å²) in [7, 11) is 0. The molecule has 0 aliphatic carbocycles. The molecular formula is C14H11BrClN3. The lowest BCUT2D eigenvalue weighted by Crippen LogP contribution is -2.00. The molecule has 19 heavy (non-hydrogen) atoms. The van der Waals surface area contributed by atoms with Gasteiger partial charge in [0, 0.05) is 16.9 Å². The molecule has 3 nitrogen and oxygen atoms in total. The maximum Gasteiger partial charge on any atom is 0.137 e. The fourth-order valence-corrected chi connectivity index (χ4v) is 2.63. The smallest absolute Gasteiger partial charge is 0.137 e. The van der Waals surface area contributed by atoms with Crippen LogP contribution in [0, 0.1) is 0 Å². The summed E-state index contributed by atoms with van der Waals surface area (Å²) in [6.45, 7) is 0.642. The maximum absolute atomic E-state index is 6.16. The van der Waals surface area contributed by atoms with E-state index < -0.39 is 0 Å². The van der Waals surface area contributed by atoms with Gasteiger partial charge in [0.1, 0.15) is 5.65 Å². The van der Waals surface area contributed by atoms with Gasteiger partial charge in [-0.25, -0.2) is 4.98 Å². The number of aromatic nitrogens is 2. The molecule has 0 spiro atoms. The number of nitrogens with zero attached hydrogens (tertiary/aromatic N) is 2. The van der Waals surface area contributed by atoms with E-state index in [1.54, 1.807) is 0 Å². The predicted molar refractivity (Wildman–Crippen MR) is 81.7 cm³/mol. The molecule has 0 bridgehead atoms. The van der Waals surface area contributed by atoms with Gasteiger partial charge in [-0.05, 0) is 30.3 Å². The summed E-state index contributed by atoms with van der Waals surface area (Å²) in [6.07, 6.45) is 3.99. The lowest BCUT2D eigenvalue weighted by atomic mass is 10.3. The molecule has 0 saturated carbocycles. The van der Waals surface area contributed by atoms with Gasteiger partial charge in [-0.3, -0.25) is 0 Å². The number of pyridine rings is 1. The molecule has 1 N–H and O–H groups in total. The first-order chi connectivity index (χ1) is 9.22. The van der Waals surface area contributed by atoms with E-state index in [1.807, 2.05) is 53.2 Å². The van der Waals surface area contributed by atoms with Gasteiger partial charge in [-0.1, -0.05) is 33.6 Å².